The number of rotatable bonds is 7. The molecule has 0 bridgehead atoms. The monoisotopic (exact) mass is 409 g/mol. The fraction of sp³-hybridized carbons (Fsp3) is 0.176. The van der Waals surface area contributed by atoms with E-state index in [1.165, 1.54) is 12.1 Å². The molecule has 0 unspecified atom stereocenters. The van der Waals surface area contributed by atoms with E-state index in [1.807, 2.05) is 17.5 Å². The van der Waals surface area contributed by atoms with Crippen LogP contribution in [0.1, 0.15) is 10.4 Å². The molecule has 0 fully saturated rings. The highest BCUT2D eigenvalue weighted by molar-refractivity contribution is 7.09. The largest absolute Gasteiger partial charge is 0.416 e. The summed E-state index contributed by atoms with van der Waals surface area (Å²) in [5.41, 5.74) is -1.28. The van der Waals surface area contributed by atoms with E-state index in [9.17, 15) is 23.3 Å². The second-order valence-electron chi connectivity index (χ2n) is 5.64. The molecule has 3 aromatic rings. The number of nitro groups is 1. The van der Waals surface area contributed by atoms with Crippen molar-refractivity contribution in [1.82, 2.24) is 9.97 Å². The lowest BCUT2D eigenvalue weighted by Gasteiger charge is -2.12. The topological polar surface area (TPSA) is 93.0 Å². The number of benzene rings is 1. The van der Waals surface area contributed by atoms with Gasteiger partial charge < -0.3 is 10.6 Å². The number of halogens is 3. The lowest BCUT2D eigenvalue weighted by atomic mass is 10.2. The van der Waals surface area contributed by atoms with Crippen LogP contribution in [0.4, 0.5) is 36.2 Å². The van der Waals surface area contributed by atoms with Crippen LogP contribution >= 0.6 is 11.3 Å². The first-order valence-corrected chi connectivity index (χ1v) is 8.92. The van der Waals surface area contributed by atoms with Crippen LogP contribution in [0.3, 0.4) is 0 Å². The minimum absolute atomic E-state index is 0.00830. The van der Waals surface area contributed by atoms with Gasteiger partial charge in [-0.25, -0.2) is 9.97 Å². The van der Waals surface area contributed by atoms with Crippen molar-refractivity contribution in [3.05, 3.63) is 68.7 Å². The third-order valence-corrected chi connectivity index (χ3v) is 4.64. The molecule has 0 amide bonds. The van der Waals surface area contributed by atoms with Gasteiger partial charge in [-0.3, -0.25) is 10.1 Å². The van der Waals surface area contributed by atoms with Gasteiger partial charge in [-0.1, -0.05) is 12.1 Å². The van der Waals surface area contributed by atoms with E-state index in [0.717, 1.165) is 23.3 Å². The summed E-state index contributed by atoms with van der Waals surface area (Å²) in [6.07, 6.45) is -2.77. The Kier molecular flexibility index (Phi) is 5.73. The van der Waals surface area contributed by atoms with Crippen molar-refractivity contribution in [1.29, 1.82) is 0 Å². The van der Waals surface area contributed by atoms with Gasteiger partial charge in [-0.05, 0) is 36.1 Å². The average molecular weight is 409 g/mol. The van der Waals surface area contributed by atoms with Crippen LogP contribution < -0.4 is 10.6 Å². The minimum atomic E-state index is -4.52. The Morgan fingerprint density at radius 1 is 1.14 bits per heavy atom. The van der Waals surface area contributed by atoms with Crippen molar-refractivity contribution >= 4 is 34.3 Å². The zero-order valence-electron chi connectivity index (χ0n) is 14.2. The van der Waals surface area contributed by atoms with Gasteiger partial charge >= 0.3 is 11.9 Å². The molecule has 0 saturated carbocycles. The van der Waals surface area contributed by atoms with E-state index in [2.05, 4.69) is 20.6 Å². The van der Waals surface area contributed by atoms with Crippen LogP contribution in [0.5, 0.6) is 0 Å². The van der Waals surface area contributed by atoms with Crippen molar-refractivity contribution < 1.29 is 18.1 Å². The van der Waals surface area contributed by atoms with E-state index in [1.54, 1.807) is 11.3 Å². The van der Waals surface area contributed by atoms with E-state index < -0.39 is 22.4 Å². The molecular formula is C17H14F3N5O2S. The molecule has 0 aliphatic carbocycles. The molecule has 0 radical (unpaired) electrons. The van der Waals surface area contributed by atoms with Crippen LogP contribution in [0.25, 0.3) is 0 Å². The lowest BCUT2D eigenvalue weighted by Crippen LogP contribution is -2.10. The van der Waals surface area contributed by atoms with Crippen LogP contribution in [-0.4, -0.2) is 21.4 Å². The smallest absolute Gasteiger partial charge is 0.364 e. The Balaban J connectivity index is 1.82. The predicted octanol–water partition coefficient (Wildman–Crippen LogP) is 4.86. The number of hydrogen-bond acceptors (Lipinski definition) is 7. The molecule has 0 saturated heterocycles. The first-order valence-electron chi connectivity index (χ1n) is 8.04. The molecule has 2 aromatic heterocycles. The molecule has 1 aromatic carbocycles. The third-order valence-electron chi connectivity index (χ3n) is 3.70. The zero-order valence-corrected chi connectivity index (χ0v) is 15.0. The van der Waals surface area contributed by atoms with Crippen LogP contribution in [0.15, 0.2) is 48.1 Å². The number of thiophene rings is 1. The summed E-state index contributed by atoms with van der Waals surface area (Å²) in [6.45, 7) is 0.404. The van der Waals surface area contributed by atoms with Crippen LogP contribution in [0, 0.1) is 10.1 Å². The summed E-state index contributed by atoms with van der Waals surface area (Å²) in [5, 5.41) is 18.9. The number of alkyl halides is 3. The first kappa shape index (κ1) is 19.5. The standard InChI is InChI=1S/C17H14F3N5O2S/c18-17(19,20)11-3-1-4-12(9-11)24-16-14(25(26)27)15(22-10-23-16)21-7-6-13-5-2-8-28-13/h1-5,8-10H,6-7H2,(H2,21,22,23,24). The van der Waals surface area contributed by atoms with E-state index in [0.29, 0.717) is 13.0 Å². The second kappa shape index (κ2) is 8.21. The Morgan fingerprint density at radius 3 is 2.61 bits per heavy atom. The van der Waals surface area contributed by atoms with Gasteiger partial charge in [0.25, 0.3) is 0 Å². The van der Waals surface area contributed by atoms with Gasteiger partial charge in [-0.15, -0.1) is 11.3 Å². The fourth-order valence-electron chi connectivity index (χ4n) is 2.44. The zero-order chi connectivity index (χ0) is 20.1. The van der Waals surface area contributed by atoms with Gasteiger partial charge in [0.2, 0.25) is 11.6 Å². The number of nitrogens with zero attached hydrogens (tertiary/aromatic N) is 3. The summed E-state index contributed by atoms with van der Waals surface area (Å²) in [5.74, 6) is -0.205. The summed E-state index contributed by atoms with van der Waals surface area (Å²) in [6, 6.07) is 8.20. The minimum Gasteiger partial charge on any atom is -0.364 e. The average Bonchev–Trinajstić information content (AvgIpc) is 3.14. The van der Waals surface area contributed by atoms with Gasteiger partial charge in [0, 0.05) is 17.1 Å². The van der Waals surface area contributed by atoms with Crippen molar-refractivity contribution in [3.63, 3.8) is 0 Å². The van der Waals surface area contributed by atoms with Crippen molar-refractivity contribution in [2.75, 3.05) is 17.2 Å². The summed E-state index contributed by atoms with van der Waals surface area (Å²) in [7, 11) is 0. The Hall–Kier alpha value is -3.21. The maximum atomic E-state index is 12.9. The summed E-state index contributed by atoms with van der Waals surface area (Å²) >= 11 is 1.57. The quantitative estimate of drug-likeness (QED) is 0.427. The number of nitrogens with one attached hydrogen (secondary N) is 2. The van der Waals surface area contributed by atoms with E-state index in [-0.39, 0.29) is 17.3 Å². The molecule has 7 nitrogen and oxygen atoms in total. The summed E-state index contributed by atoms with van der Waals surface area (Å²) in [4.78, 5) is 19.7. The van der Waals surface area contributed by atoms with Gasteiger partial charge in [-0.2, -0.15) is 13.2 Å². The fourth-order valence-corrected chi connectivity index (χ4v) is 3.15. The molecule has 0 aliphatic heterocycles. The maximum absolute atomic E-state index is 12.9. The molecule has 3 rings (SSSR count). The lowest BCUT2D eigenvalue weighted by molar-refractivity contribution is -0.383. The maximum Gasteiger partial charge on any atom is 0.416 e. The van der Waals surface area contributed by atoms with Crippen molar-refractivity contribution in [2.45, 2.75) is 12.6 Å². The summed E-state index contributed by atoms with van der Waals surface area (Å²) < 4.78 is 38.6. The molecular weight excluding hydrogens is 395 g/mol. The molecule has 2 heterocycles. The highest BCUT2D eigenvalue weighted by atomic mass is 32.1. The molecule has 11 heteroatoms. The SMILES string of the molecule is O=[N+]([O-])c1c(NCCc2cccs2)ncnc1Nc1cccc(C(F)(F)F)c1. The Labute approximate surface area is 161 Å². The molecule has 28 heavy (non-hydrogen) atoms. The van der Waals surface area contributed by atoms with Crippen LogP contribution in [0.2, 0.25) is 0 Å². The van der Waals surface area contributed by atoms with E-state index >= 15 is 0 Å². The van der Waals surface area contributed by atoms with E-state index in [4.69, 9.17) is 0 Å². The van der Waals surface area contributed by atoms with Crippen molar-refractivity contribution in [3.8, 4) is 0 Å². The molecule has 0 spiro atoms. The predicted molar refractivity (Wildman–Crippen MR) is 99.9 cm³/mol. The first-order chi connectivity index (χ1) is 13.3. The number of anilines is 3. The van der Waals surface area contributed by atoms with Gasteiger partial charge in [0.1, 0.15) is 6.33 Å². The molecule has 0 atom stereocenters. The highest BCUT2D eigenvalue weighted by Crippen LogP contribution is 2.34. The molecule has 0 aliphatic rings. The number of hydrogen-bond donors (Lipinski definition) is 2. The Bertz CT molecular complexity index is 964. The highest BCUT2D eigenvalue weighted by Gasteiger charge is 2.31. The molecule has 2 N–H and O–H groups in total. The third kappa shape index (κ3) is 4.74. The van der Waals surface area contributed by atoms with Gasteiger partial charge in [0.05, 0.1) is 10.5 Å². The Morgan fingerprint density at radius 2 is 1.93 bits per heavy atom. The van der Waals surface area contributed by atoms with Crippen LogP contribution in [-0.2, 0) is 12.6 Å². The molecule has 146 valence electrons. The van der Waals surface area contributed by atoms with Crippen molar-refractivity contribution in [2.24, 2.45) is 0 Å². The normalized spacial score (nSPS) is 11.2. The van der Waals surface area contributed by atoms with Gasteiger partial charge in [0.15, 0.2) is 0 Å². The second-order valence-corrected chi connectivity index (χ2v) is 6.67. The number of aromatic nitrogens is 2.